The van der Waals surface area contributed by atoms with Gasteiger partial charge < -0.3 is 9.64 Å². The van der Waals surface area contributed by atoms with Gasteiger partial charge in [-0.15, -0.1) is 0 Å². The molecule has 102 valence electrons. The van der Waals surface area contributed by atoms with Crippen LogP contribution in [0.1, 0.15) is 25.3 Å². The van der Waals surface area contributed by atoms with Gasteiger partial charge in [0.1, 0.15) is 11.8 Å². The maximum atomic E-state index is 8.96. The predicted molar refractivity (Wildman–Crippen MR) is 76.0 cm³/mol. The van der Waals surface area contributed by atoms with Crippen molar-refractivity contribution < 1.29 is 4.74 Å². The maximum Gasteiger partial charge on any atom is 0.137 e. The third kappa shape index (κ3) is 4.25. The summed E-state index contributed by atoms with van der Waals surface area (Å²) >= 11 is 0. The molecule has 1 aliphatic carbocycles. The summed E-state index contributed by atoms with van der Waals surface area (Å²) < 4.78 is 5.67. The van der Waals surface area contributed by atoms with Gasteiger partial charge in [0, 0.05) is 13.1 Å². The summed E-state index contributed by atoms with van der Waals surface area (Å²) in [6.07, 6.45) is 2.38. The smallest absolute Gasteiger partial charge is 0.137 e. The Kier molecular flexibility index (Phi) is 4.81. The largest absolute Gasteiger partial charge is 0.492 e. The Labute approximate surface area is 115 Å². The molecule has 0 saturated heterocycles. The molecule has 3 heteroatoms. The van der Waals surface area contributed by atoms with Crippen LogP contribution in [0.15, 0.2) is 24.3 Å². The first-order chi connectivity index (χ1) is 9.20. The fourth-order valence-corrected chi connectivity index (χ4v) is 2.35. The van der Waals surface area contributed by atoms with Crippen LogP contribution in [0, 0.1) is 23.2 Å². The molecule has 0 aromatic heterocycles. The number of nitrogens with zero attached hydrogens (tertiary/aromatic N) is 2. The monoisotopic (exact) mass is 258 g/mol. The summed E-state index contributed by atoms with van der Waals surface area (Å²) in [7, 11) is 2.17. The first-order valence-corrected chi connectivity index (χ1v) is 7.01. The SMILES string of the molecule is CC1CC1CN(C)CCCOc1ccccc1C#N. The van der Waals surface area contributed by atoms with Crippen molar-refractivity contribution in [2.24, 2.45) is 11.8 Å². The lowest BCUT2D eigenvalue weighted by atomic mass is 10.2. The highest BCUT2D eigenvalue weighted by Gasteiger charge is 2.32. The normalized spacial score (nSPS) is 21.2. The van der Waals surface area contributed by atoms with Crippen molar-refractivity contribution in [2.75, 3.05) is 26.7 Å². The quantitative estimate of drug-likeness (QED) is 0.706. The van der Waals surface area contributed by atoms with E-state index in [2.05, 4.69) is 24.9 Å². The lowest BCUT2D eigenvalue weighted by Crippen LogP contribution is -2.24. The van der Waals surface area contributed by atoms with Gasteiger partial charge >= 0.3 is 0 Å². The van der Waals surface area contributed by atoms with Crippen molar-refractivity contribution in [3.63, 3.8) is 0 Å². The molecule has 1 aliphatic rings. The van der Waals surface area contributed by atoms with Gasteiger partial charge in [-0.25, -0.2) is 0 Å². The third-order valence-electron chi connectivity index (χ3n) is 3.77. The molecule has 2 unspecified atom stereocenters. The number of hydrogen-bond acceptors (Lipinski definition) is 3. The number of hydrogen-bond donors (Lipinski definition) is 0. The van der Waals surface area contributed by atoms with Crippen molar-refractivity contribution in [2.45, 2.75) is 19.8 Å². The van der Waals surface area contributed by atoms with E-state index in [1.165, 1.54) is 13.0 Å². The van der Waals surface area contributed by atoms with Gasteiger partial charge in [0.2, 0.25) is 0 Å². The van der Waals surface area contributed by atoms with Gasteiger partial charge in [0.05, 0.1) is 12.2 Å². The average Bonchev–Trinajstić information content (AvgIpc) is 3.10. The van der Waals surface area contributed by atoms with Gasteiger partial charge in [0.15, 0.2) is 0 Å². The minimum atomic E-state index is 0.614. The van der Waals surface area contributed by atoms with E-state index in [1.54, 1.807) is 6.07 Å². The molecule has 0 heterocycles. The lowest BCUT2D eigenvalue weighted by Gasteiger charge is -2.16. The molecule has 2 atom stereocenters. The van der Waals surface area contributed by atoms with Gasteiger partial charge in [-0.2, -0.15) is 5.26 Å². The van der Waals surface area contributed by atoms with Crippen LogP contribution in [-0.4, -0.2) is 31.6 Å². The van der Waals surface area contributed by atoms with Gasteiger partial charge in [-0.1, -0.05) is 19.1 Å². The highest BCUT2D eigenvalue weighted by atomic mass is 16.5. The van der Waals surface area contributed by atoms with Gasteiger partial charge in [0.25, 0.3) is 0 Å². The summed E-state index contributed by atoms with van der Waals surface area (Å²) in [5.74, 6) is 2.52. The van der Waals surface area contributed by atoms with E-state index in [0.29, 0.717) is 17.9 Å². The second-order valence-corrected chi connectivity index (χ2v) is 5.55. The Bertz CT molecular complexity index is 452. The zero-order valence-corrected chi connectivity index (χ0v) is 11.8. The zero-order chi connectivity index (χ0) is 13.7. The molecule has 0 spiro atoms. The first-order valence-electron chi connectivity index (χ1n) is 7.01. The van der Waals surface area contributed by atoms with Crippen molar-refractivity contribution >= 4 is 0 Å². The van der Waals surface area contributed by atoms with Crippen LogP contribution >= 0.6 is 0 Å². The first kappa shape index (κ1) is 13.9. The predicted octanol–water partition coefficient (Wildman–Crippen LogP) is 2.91. The molecule has 0 amide bonds. The molecule has 19 heavy (non-hydrogen) atoms. The van der Waals surface area contributed by atoms with Gasteiger partial charge in [-0.05, 0) is 43.9 Å². The molecule has 0 N–H and O–H groups in total. The minimum absolute atomic E-state index is 0.614. The molecule has 3 nitrogen and oxygen atoms in total. The van der Waals surface area contributed by atoms with Crippen LogP contribution in [0.25, 0.3) is 0 Å². The van der Waals surface area contributed by atoms with E-state index >= 15 is 0 Å². The van der Waals surface area contributed by atoms with E-state index in [9.17, 15) is 0 Å². The molecular formula is C16H22N2O. The topological polar surface area (TPSA) is 36.3 Å². The molecule has 1 fully saturated rings. The Morgan fingerprint density at radius 1 is 1.42 bits per heavy atom. The molecule has 1 aromatic carbocycles. The number of rotatable bonds is 7. The van der Waals surface area contributed by atoms with Crippen molar-refractivity contribution in [1.82, 2.24) is 4.90 Å². The van der Waals surface area contributed by atoms with Gasteiger partial charge in [-0.3, -0.25) is 0 Å². The summed E-state index contributed by atoms with van der Waals surface area (Å²) in [6.45, 7) is 5.25. The summed E-state index contributed by atoms with van der Waals surface area (Å²) in [5, 5.41) is 8.96. The number of nitriles is 1. The highest BCUT2D eigenvalue weighted by Crippen LogP contribution is 2.37. The third-order valence-corrected chi connectivity index (χ3v) is 3.77. The van der Waals surface area contributed by atoms with Crippen LogP contribution in [0.4, 0.5) is 0 Å². The van der Waals surface area contributed by atoms with Crippen LogP contribution in [0.3, 0.4) is 0 Å². The van der Waals surface area contributed by atoms with E-state index in [1.807, 2.05) is 18.2 Å². The Morgan fingerprint density at radius 3 is 2.84 bits per heavy atom. The number of ether oxygens (including phenoxy) is 1. The highest BCUT2D eigenvalue weighted by molar-refractivity contribution is 5.42. The Hall–Kier alpha value is -1.53. The second-order valence-electron chi connectivity index (χ2n) is 5.55. The molecule has 0 bridgehead atoms. The number of para-hydroxylation sites is 1. The van der Waals surface area contributed by atoms with E-state index in [0.717, 1.165) is 24.8 Å². The van der Waals surface area contributed by atoms with Crippen LogP contribution < -0.4 is 4.74 Å². The maximum absolute atomic E-state index is 8.96. The average molecular weight is 258 g/mol. The van der Waals surface area contributed by atoms with E-state index in [-0.39, 0.29) is 0 Å². The summed E-state index contributed by atoms with van der Waals surface area (Å²) in [6, 6.07) is 9.55. The fourth-order valence-electron chi connectivity index (χ4n) is 2.35. The molecular weight excluding hydrogens is 236 g/mol. The van der Waals surface area contributed by atoms with Crippen LogP contribution in [0.2, 0.25) is 0 Å². The van der Waals surface area contributed by atoms with Crippen molar-refractivity contribution in [1.29, 1.82) is 5.26 Å². The van der Waals surface area contributed by atoms with Crippen molar-refractivity contribution in [3.8, 4) is 11.8 Å². The Balaban J connectivity index is 1.65. The fraction of sp³-hybridized carbons (Fsp3) is 0.562. The zero-order valence-electron chi connectivity index (χ0n) is 11.8. The summed E-state index contributed by atoms with van der Waals surface area (Å²) in [5.41, 5.74) is 0.614. The van der Waals surface area contributed by atoms with E-state index in [4.69, 9.17) is 10.00 Å². The number of benzene rings is 1. The standard InChI is InChI=1S/C16H22N2O/c1-13-10-15(13)12-18(2)8-5-9-19-16-7-4-3-6-14(16)11-17/h3-4,6-7,13,15H,5,8-10,12H2,1-2H3. The summed E-state index contributed by atoms with van der Waals surface area (Å²) in [4.78, 5) is 2.38. The second kappa shape index (κ2) is 6.58. The molecule has 1 aromatic rings. The molecule has 0 radical (unpaired) electrons. The minimum Gasteiger partial charge on any atom is -0.492 e. The lowest BCUT2D eigenvalue weighted by molar-refractivity contribution is 0.255. The Morgan fingerprint density at radius 2 is 2.16 bits per heavy atom. The molecule has 0 aliphatic heterocycles. The molecule has 2 rings (SSSR count). The molecule has 1 saturated carbocycles. The van der Waals surface area contributed by atoms with E-state index < -0.39 is 0 Å². The van der Waals surface area contributed by atoms with Crippen molar-refractivity contribution in [3.05, 3.63) is 29.8 Å². The van der Waals surface area contributed by atoms with Crippen LogP contribution in [0.5, 0.6) is 5.75 Å². The van der Waals surface area contributed by atoms with Crippen LogP contribution in [-0.2, 0) is 0 Å².